The number of ether oxygens (including phenoxy) is 2. The van der Waals surface area contributed by atoms with Crippen LogP contribution in [-0.4, -0.2) is 49.9 Å². The van der Waals surface area contributed by atoms with Crippen LogP contribution in [0.1, 0.15) is 38.7 Å². The fraction of sp³-hybridized carbons (Fsp3) is 0.650. The summed E-state index contributed by atoms with van der Waals surface area (Å²) in [4.78, 5) is 4.76. The molecule has 0 spiro atoms. The van der Waals surface area contributed by atoms with Crippen molar-refractivity contribution in [2.75, 3.05) is 39.2 Å². The molecule has 0 amide bonds. The van der Waals surface area contributed by atoms with Crippen LogP contribution >= 0.6 is 11.8 Å². The van der Waals surface area contributed by atoms with E-state index in [4.69, 9.17) is 14.5 Å². The molecule has 1 saturated heterocycles. The molecular formula is C20H33N3O2S. The number of hydrogen-bond donors (Lipinski definition) is 2. The van der Waals surface area contributed by atoms with Crippen molar-refractivity contribution in [1.82, 2.24) is 10.6 Å². The lowest BCUT2D eigenvalue weighted by atomic mass is 10.1. The Labute approximate surface area is 162 Å². The maximum Gasteiger partial charge on any atom is 0.191 e. The van der Waals surface area contributed by atoms with Gasteiger partial charge in [-0.1, -0.05) is 12.1 Å². The van der Waals surface area contributed by atoms with Gasteiger partial charge in [0.1, 0.15) is 5.75 Å². The van der Waals surface area contributed by atoms with Gasteiger partial charge in [0, 0.05) is 31.1 Å². The summed E-state index contributed by atoms with van der Waals surface area (Å²) in [6, 6.07) is 8.07. The minimum Gasteiger partial charge on any atom is -0.497 e. The Morgan fingerprint density at radius 1 is 1.27 bits per heavy atom. The van der Waals surface area contributed by atoms with Crippen LogP contribution in [0.3, 0.4) is 0 Å². The number of hydrogen-bond acceptors (Lipinski definition) is 4. The lowest BCUT2D eigenvalue weighted by Crippen LogP contribution is -2.44. The Hall–Kier alpha value is -1.40. The molecule has 0 radical (unpaired) electrons. The minimum atomic E-state index is 0.313. The number of nitrogens with zero attached hydrogens (tertiary/aromatic N) is 1. The maximum atomic E-state index is 5.41. The molecule has 0 aliphatic carbocycles. The molecular weight excluding hydrogens is 346 g/mol. The predicted octanol–water partition coefficient (Wildman–Crippen LogP) is 3.44. The summed E-state index contributed by atoms with van der Waals surface area (Å²) in [5, 5.41) is 6.98. The van der Waals surface area contributed by atoms with Gasteiger partial charge in [-0.2, -0.15) is 11.8 Å². The molecule has 1 unspecified atom stereocenters. The van der Waals surface area contributed by atoms with Crippen LogP contribution in [-0.2, 0) is 11.3 Å². The van der Waals surface area contributed by atoms with Crippen molar-refractivity contribution < 1.29 is 9.47 Å². The minimum absolute atomic E-state index is 0.313. The van der Waals surface area contributed by atoms with Gasteiger partial charge in [-0.15, -0.1) is 0 Å². The summed E-state index contributed by atoms with van der Waals surface area (Å²) in [6.45, 7) is 8.37. The van der Waals surface area contributed by atoms with Crippen LogP contribution in [0.4, 0.5) is 0 Å². The molecule has 5 nitrogen and oxygen atoms in total. The van der Waals surface area contributed by atoms with Crippen LogP contribution in [0.25, 0.3) is 0 Å². The highest BCUT2D eigenvalue weighted by molar-refractivity contribution is 8.00. The Bertz CT molecular complexity index is 542. The Morgan fingerprint density at radius 3 is 2.73 bits per heavy atom. The van der Waals surface area contributed by atoms with E-state index in [9.17, 15) is 0 Å². The van der Waals surface area contributed by atoms with Crippen LogP contribution < -0.4 is 15.4 Å². The van der Waals surface area contributed by atoms with E-state index in [0.717, 1.165) is 44.4 Å². The number of rotatable bonds is 10. The van der Waals surface area contributed by atoms with Crippen molar-refractivity contribution in [3.63, 3.8) is 0 Å². The number of methoxy groups -OCH3 is 1. The Kier molecular flexibility index (Phi) is 9.12. The lowest BCUT2D eigenvalue weighted by molar-refractivity contribution is 0.145. The molecule has 1 aromatic rings. The molecule has 2 N–H and O–H groups in total. The third-order valence-electron chi connectivity index (χ3n) is 4.47. The zero-order chi connectivity index (χ0) is 18.7. The topological polar surface area (TPSA) is 54.9 Å². The van der Waals surface area contributed by atoms with Gasteiger partial charge < -0.3 is 20.1 Å². The van der Waals surface area contributed by atoms with E-state index < -0.39 is 0 Å². The van der Waals surface area contributed by atoms with Gasteiger partial charge in [0.25, 0.3) is 0 Å². The van der Waals surface area contributed by atoms with Crippen molar-refractivity contribution in [3.8, 4) is 5.75 Å². The average Bonchev–Trinajstić information content (AvgIpc) is 3.10. The Balaban J connectivity index is 1.88. The SMILES string of the molecule is CCOCCCNC(=NCc1ccc(OC)cc1)NCC1(C)CCCS1. The molecule has 6 heteroatoms. The highest BCUT2D eigenvalue weighted by Gasteiger charge is 2.29. The molecule has 0 saturated carbocycles. The van der Waals surface area contributed by atoms with Gasteiger partial charge in [0.2, 0.25) is 0 Å². The normalized spacial score (nSPS) is 20.2. The van der Waals surface area contributed by atoms with Gasteiger partial charge in [0.05, 0.1) is 13.7 Å². The predicted molar refractivity (Wildman–Crippen MR) is 111 cm³/mol. The van der Waals surface area contributed by atoms with Crippen molar-refractivity contribution >= 4 is 17.7 Å². The summed E-state index contributed by atoms with van der Waals surface area (Å²) >= 11 is 2.06. The largest absolute Gasteiger partial charge is 0.497 e. The molecule has 1 aliphatic rings. The quantitative estimate of drug-likeness (QED) is 0.370. The highest BCUT2D eigenvalue weighted by Crippen LogP contribution is 2.36. The van der Waals surface area contributed by atoms with Gasteiger partial charge in [0.15, 0.2) is 5.96 Å². The van der Waals surface area contributed by atoms with Crippen LogP contribution in [0.5, 0.6) is 5.75 Å². The second kappa shape index (κ2) is 11.3. The van der Waals surface area contributed by atoms with Gasteiger partial charge in [-0.05, 0) is 56.6 Å². The van der Waals surface area contributed by atoms with E-state index in [1.165, 1.54) is 24.2 Å². The van der Waals surface area contributed by atoms with Crippen molar-refractivity contribution in [2.45, 2.75) is 44.4 Å². The van der Waals surface area contributed by atoms with Crippen LogP contribution in [0, 0.1) is 0 Å². The molecule has 1 atom stereocenters. The first kappa shape index (κ1) is 20.9. The molecule has 0 bridgehead atoms. The van der Waals surface area contributed by atoms with Crippen molar-refractivity contribution in [1.29, 1.82) is 0 Å². The summed E-state index contributed by atoms with van der Waals surface area (Å²) in [5.41, 5.74) is 1.17. The fourth-order valence-electron chi connectivity index (χ4n) is 2.85. The van der Waals surface area contributed by atoms with E-state index in [1.807, 2.05) is 19.1 Å². The third kappa shape index (κ3) is 7.46. The zero-order valence-electron chi connectivity index (χ0n) is 16.3. The molecule has 1 fully saturated rings. The standard InChI is InChI=1S/C20H33N3O2S/c1-4-25-13-6-12-21-19(23-16-20(2)11-5-14-26-20)22-15-17-7-9-18(24-3)10-8-17/h7-10H,4-6,11-16H2,1-3H3,(H2,21,22,23). The third-order valence-corrected chi connectivity index (χ3v) is 6.01. The van der Waals surface area contributed by atoms with E-state index in [-0.39, 0.29) is 0 Å². The molecule has 26 heavy (non-hydrogen) atoms. The first-order valence-corrected chi connectivity index (χ1v) is 10.5. The van der Waals surface area contributed by atoms with Gasteiger partial charge >= 0.3 is 0 Å². The number of nitrogens with one attached hydrogen (secondary N) is 2. The molecule has 1 heterocycles. The first-order chi connectivity index (χ1) is 12.6. The van der Waals surface area contributed by atoms with Crippen molar-refractivity contribution in [3.05, 3.63) is 29.8 Å². The Morgan fingerprint density at radius 2 is 2.08 bits per heavy atom. The summed E-state index contributed by atoms with van der Waals surface area (Å²) in [7, 11) is 1.68. The number of guanidine groups is 1. The average molecular weight is 380 g/mol. The van der Waals surface area contributed by atoms with E-state index in [1.54, 1.807) is 7.11 Å². The molecule has 1 aliphatic heterocycles. The smallest absolute Gasteiger partial charge is 0.191 e. The molecule has 146 valence electrons. The highest BCUT2D eigenvalue weighted by atomic mass is 32.2. The van der Waals surface area contributed by atoms with Crippen LogP contribution in [0.15, 0.2) is 29.3 Å². The summed E-state index contributed by atoms with van der Waals surface area (Å²) < 4.78 is 10.9. The monoisotopic (exact) mass is 379 g/mol. The second-order valence-electron chi connectivity index (χ2n) is 6.75. The van der Waals surface area contributed by atoms with E-state index in [0.29, 0.717) is 11.3 Å². The summed E-state index contributed by atoms with van der Waals surface area (Å²) in [5.74, 6) is 3.01. The summed E-state index contributed by atoms with van der Waals surface area (Å²) in [6.07, 6.45) is 3.55. The number of benzene rings is 1. The van der Waals surface area contributed by atoms with Gasteiger partial charge in [-0.3, -0.25) is 0 Å². The fourth-order valence-corrected chi connectivity index (χ4v) is 4.09. The first-order valence-electron chi connectivity index (χ1n) is 9.52. The molecule has 0 aromatic heterocycles. The van der Waals surface area contributed by atoms with E-state index >= 15 is 0 Å². The maximum absolute atomic E-state index is 5.41. The number of thioether (sulfide) groups is 1. The number of aliphatic imine (C=N–C) groups is 1. The van der Waals surface area contributed by atoms with E-state index in [2.05, 4.69) is 41.5 Å². The van der Waals surface area contributed by atoms with Crippen molar-refractivity contribution in [2.24, 2.45) is 4.99 Å². The lowest BCUT2D eigenvalue weighted by Gasteiger charge is -2.24. The van der Waals surface area contributed by atoms with Crippen LogP contribution in [0.2, 0.25) is 0 Å². The zero-order valence-corrected chi connectivity index (χ0v) is 17.2. The van der Waals surface area contributed by atoms with Gasteiger partial charge in [-0.25, -0.2) is 4.99 Å². The molecule has 1 aromatic carbocycles. The molecule has 2 rings (SSSR count). The second-order valence-corrected chi connectivity index (χ2v) is 8.43.